The zero-order valence-electron chi connectivity index (χ0n) is 11.8. The van der Waals surface area contributed by atoms with E-state index in [-0.39, 0.29) is 5.91 Å². The summed E-state index contributed by atoms with van der Waals surface area (Å²) in [5.41, 5.74) is 1.02. The Morgan fingerprint density at radius 1 is 1.30 bits per heavy atom. The third-order valence-electron chi connectivity index (χ3n) is 3.04. The van der Waals surface area contributed by atoms with Crippen molar-refractivity contribution in [1.29, 1.82) is 0 Å². The Labute approximate surface area is 118 Å². The fourth-order valence-corrected chi connectivity index (χ4v) is 1.87. The lowest BCUT2D eigenvalue weighted by molar-refractivity contribution is -0.128. The summed E-state index contributed by atoms with van der Waals surface area (Å²) >= 11 is 0. The summed E-state index contributed by atoms with van der Waals surface area (Å²) in [5.74, 6) is 1.34. The minimum Gasteiger partial charge on any atom is -0.480 e. The maximum atomic E-state index is 12.1. The highest BCUT2D eigenvalue weighted by Gasteiger charge is 2.18. The monoisotopic (exact) mass is 273 g/mol. The van der Waals surface area contributed by atoms with Crippen LogP contribution < -0.4 is 10.1 Å². The number of aryl methyl sites for hydroxylation is 1. The number of para-hydroxylation sites is 1. The second kappa shape index (κ2) is 6.80. The van der Waals surface area contributed by atoms with Crippen LogP contribution in [-0.2, 0) is 11.3 Å². The summed E-state index contributed by atoms with van der Waals surface area (Å²) in [5, 5.41) is 2.82. The summed E-state index contributed by atoms with van der Waals surface area (Å²) in [4.78, 5) is 12.1. The Bertz CT molecular complexity index is 549. The Kier molecular flexibility index (Phi) is 4.82. The van der Waals surface area contributed by atoms with E-state index in [4.69, 9.17) is 9.15 Å². The van der Waals surface area contributed by atoms with Crippen LogP contribution in [0.4, 0.5) is 0 Å². The molecule has 0 saturated carbocycles. The first kappa shape index (κ1) is 14.2. The third-order valence-corrected chi connectivity index (χ3v) is 3.04. The van der Waals surface area contributed by atoms with E-state index in [1.165, 1.54) is 0 Å². The van der Waals surface area contributed by atoms with Gasteiger partial charge >= 0.3 is 0 Å². The van der Waals surface area contributed by atoms with E-state index in [1.807, 2.05) is 44.2 Å². The molecule has 0 aliphatic rings. The quantitative estimate of drug-likeness (QED) is 0.880. The molecule has 0 aliphatic carbocycles. The zero-order chi connectivity index (χ0) is 14.4. The van der Waals surface area contributed by atoms with Crippen LogP contribution in [0.15, 0.2) is 47.1 Å². The highest BCUT2D eigenvalue weighted by molar-refractivity contribution is 5.81. The van der Waals surface area contributed by atoms with Gasteiger partial charge in [-0.15, -0.1) is 0 Å². The normalized spacial score (nSPS) is 11.9. The van der Waals surface area contributed by atoms with Crippen molar-refractivity contribution in [2.24, 2.45) is 0 Å². The van der Waals surface area contributed by atoms with Crippen LogP contribution >= 0.6 is 0 Å². The molecule has 4 heteroatoms. The summed E-state index contributed by atoms with van der Waals surface area (Å²) in [6.07, 6.45) is 1.70. The standard InChI is InChI=1S/C16H19NO3/c1-3-14(20-15-9-5-4-7-12(15)2)16(18)17-11-13-8-6-10-19-13/h4-10,14H,3,11H2,1-2H3,(H,17,18)/t14-/m0/s1. The largest absolute Gasteiger partial charge is 0.480 e. The zero-order valence-corrected chi connectivity index (χ0v) is 11.8. The Balaban J connectivity index is 1.94. The third kappa shape index (κ3) is 3.63. The number of carbonyl (C=O) groups is 1. The lowest BCUT2D eigenvalue weighted by Crippen LogP contribution is -2.37. The lowest BCUT2D eigenvalue weighted by atomic mass is 10.2. The molecule has 0 spiro atoms. The molecule has 106 valence electrons. The average Bonchev–Trinajstić information content (AvgIpc) is 2.97. The van der Waals surface area contributed by atoms with E-state index in [1.54, 1.807) is 12.3 Å². The molecule has 0 fully saturated rings. The van der Waals surface area contributed by atoms with Crippen molar-refractivity contribution < 1.29 is 13.9 Å². The van der Waals surface area contributed by atoms with Crippen molar-refractivity contribution in [2.45, 2.75) is 32.9 Å². The van der Waals surface area contributed by atoms with E-state index in [9.17, 15) is 4.79 Å². The summed E-state index contributed by atoms with van der Waals surface area (Å²) in [6, 6.07) is 11.3. The first-order valence-corrected chi connectivity index (χ1v) is 6.73. The van der Waals surface area contributed by atoms with Crippen LogP contribution in [0.5, 0.6) is 5.75 Å². The highest BCUT2D eigenvalue weighted by atomic mass is 16.5. The number of rotatable bonds is 6. The molecule has 0 unspecified atom stereocenters. The van der Waals surface area contributed by atoms with Crippen molar-refractivity contribution in [3.05, 3.63) is 54.0 Å². The molecule has 2 aromatic rings. The van der Waals surface area contributed by atoms with Gasteiger partial charge in [-0.05, 0) is 37.1 Å². The molecule has 1 atom stereocenters. The highest BCUT2D eigenvalue weighted by Crippen LogP contribution is 2.18. The molecule has 0 bridgehead atoms. The average molecular weight is 273 g/mol. The molecule has 4 nitrogen and oxygen atoms in total. The van der Waals surface area contributed by atoms with Crippen LogP contribution in [0.3, 0.4) is 0 Å². The topological polar surface area (TPSA) is 51.5 Å². The van der Waals surface area contributed by atoms with Gasteiger partial charge in [-0.3, -0.25) is 4.79 Å². The van der Waals surface area contributed by atoms with Gasteiger partial charge in [0, 0.05) is 0 Å². The number of carbonyl (C=O) groups excluding carboxylic acids is 1. The predicted octanol–water partition coefficient (Wildman–Crippen LogP) is 3.06. The van der Waals surface area contributed by atoms with E-state index in [2.05, 4.69) is 5.32 Å². The number of nitrogens with one attached hydrogen (secondary N) is 1. The van der Waals surface area contributed by atoms with Crippen molar-refractivity contribution in [2.75, 3.05) is 0 Å². The van der Waals surface area contributed by atoms with Gasteiger partial charge in [0.25, 0.3) is 5.91 Å². The van der Waals surface area contributed by atoms with Gasteiger partial charge in [0.2, 0.25) is 0 Å². The minimum atomic E-state index is -0.494. The Morgan fingerprint density at radius 2 is 2.10 bits per heavy atom. The number of ether oxygens (including phenoxy) is 1. The smallest absolute Gasteiger partial charge is 0.261 e. The van der Waals surface area contributed by atoms with Gasteiger partial charge in [-0.1, -0.05) is 25.1 Å². The van der Waals surface area contributed by atoms with Crippen LogP contribution in [-0.4, -0.2) is 12.0 Å². The van der Waals surface area contributed by atoms with Gasteiger partial charge in [0.1, 0.15) is 11.5 Å². The lowest BCUT2D eigenvalue weighted by Gasteiger charge is -2.18. The molecule has 1 heterocycles. The first-order chi connectivity index (χ1) is 9.70. The van der Waals surface area contributed by atoms with Crippen molar-refractivity contribution >= 4 is 5.91 Å². The molecule has 1 aromatic carbocycles. The number of hydrogen-bond acceptors (Lipinski definition) is 3. The molecular weight excluding hydrogens is 254 g/mol. The maximum Gasteiger partial charge on any atom is 0.261 e. The molecule has 0 saturated heterocycles. The summed E-state index contributed by atoms with van der Waals surface area (Å²) < 4.78 is 11.0. The van der Waals surface area contributed by atoms with Crippen LogP contribution in [0, 0.1) is 6.92 Å². The first-order valence-electron chi connectivity index (χ1n) is 6.73. The Morgan fingerprint density at radius 3 is 2.75 bits per heavy atom. The van der Waals surface area contributed by atoms with Gasteiger partial charge in [-0.25, -0.2) is 0 Å². The molecule has 1 N–H and O–H groups in total. The summed E-state index contributed by atoms with van der Waals surface area (Å²) in [6.45, 7) is 4.26. The molecule has 0 aliphatic heterocycles. The van der Waals surface area contributed by atoms with Gasteiger partial charge in [0.15, 0.2) is 6.10 Å². The summed E-state index contributed by atoms with van der Waals surface area (Å²) in [7, 11) is 0. The second-order valence-electron chi connectivity index (χ2n) is 4.58. The van der Waals surface area contributed by atoms with Crippen LogP contribution in [0.25, 0.3) is 0 Å². The molecule has 1 aromatic heterocycles. The Hall–Kier alpha value is -2.23. The molecule has 2 rings (SSSR count). The second-order valence-corrected chi connectivity index (χ2v) is 4.58. The molecule has 0 radical (unpaired) electrons. The van der Waals surface area contributed by atoms with Gasteiger partial charge in [-0.2, -0.15) is 0 Å². The fourth-order valence-electron chi connectivity index (χ4n) is 1.87. The maximum absolute atomic E-state index is 12.1. The number of amides is 1. The predicted molar refractivity (Wildman–Crippen MR) is 76.4 cm³/mol. The van der Waals surface area contributed by atoms with E-state index >= 15 is 0 Å². The molecular formula is C16H19NO3. The SMILES string of the molecule is CC[C@H](Oc1ccccc1C)C(=O)NCc1ccco1. The van der Waals surface area contributed by atoms with Crippen molar-refractivity contribution in [1.82, 2.24) is 5.32 Å². The van der Waals surface area contributed by atoms with Crippen molar-refractivity contribution in [3.63, 3.8) is 0 Å². The van der Waals surface area contributed by atoms with E-state index in [0.717, 1.165) is 17.1 Å². The van der Waals surface area contributed by atoms with Crippen molar-refractivity contribution in [3.8, 4) is 5.75 Å². The number of furan rings is 1. The van der Waals surface area contributed by atoms with Gasteiger partial charge < -0.3 is 14.5 Å². The minimum absolute atomic E-state index is 0.132. The van der Waals surface area contributed by atoms with E-state index < -0.39 is 6.10 Å². The fraction of sp³-hybridized carbons (Fsp3) is 0.312. The number of hydrogen-bond donors (Lipinski definition) is 1. The van der Waals surface area contributed by atoms with Crippen LogP contribution in [0.1, 0.15) is 24.7 Å². The van der Waals surface area contributed by atoms with E-state index in [0.29, 0.717) is 13.0 Å². The number of benzene rings is 1. The molecule has 20 heavy (non-hydrogen) atoms. The van der Waals surface area contributed by atoms with Crippen LogP contribution in [0.2, 0.25) is 0 Å². The van der Waals surface area contributed by atoms with Gasteiger partial charge in [0.05, 0.1) is 12.8 Å². The molecule has 1 amide bonds.